The number of nitrogens with zero attached hydrogens (tertiary/aromatic N) is 2. The number of amides is 1. The number of benzene rings is 2. The summed E-state index contributed by atoms with van der Waals surface area (Å²) in [6, 6.07) is 13.9. The van der Waals surface area contributed by atoms with Gasteiger partial charge in [0, 0.05) is 20.6 Å². The van der Waals surface area contributed by atoms with Crippen LogP contribution in [0.3, 0.4) is 0 Å². The maximum Gasteiger partial charge on any atom is 0.242 e. The minimum Gasteiger partial charge on any atom is -0.350 e. The molecule has 0 aliphatic rings. The van der Waals surface area contributed by atoms with Gasteiger partial charge in [-0.15, -0.1) is 0 Å². The van der Waals surface area contributed by atoms with Gasteiger partial charge in [0.1, 0.15) is 6.04 Å². The number of carbonyl (C=O) groups is 1. The van der Waals surface area contributed by atoms with Gasteiger partial charge < -0.3 is 10.6 Å². The Morgan fingerprint density at radius 3 is 2.54 bits per heavy atom. The van der Waals surface area contributed by atoms with Gasteiger partial charge in [0.15, 0.2) is 5.13 Å². The van der Waals surface area contributed by atoms with Crippen LogP contribution in [0.2, 0.25) is 0 Å². The van der Waals surface area contributed by atoms with Gasteiger partial charge in [0.2, 0.25) is 15.9 Å². The number of hydrogen-bond acceptors (Lipinski definition) is 6. The zero-order valence-corrected chi connectivity index (χ0v) is 17.5. The molecule has 1 amide bonds. The topological polar surface area (TPSA) is 91.4 Å². The molecule has 2 aromatic carbocycles. The van der Waals surface area contributed by atoms with E-state index >= 15 is 0 Å². The number of carbonyl (C=O) groups excluding carboxylic acids is 1. The van der Waals surface area contributed by atoms with E-state index in [4.69, 9.17) is 0 Å². The molecular weight excluding hydrogens is 396 g/mol. The van der Waals surface area contributed by atoms with Gasteiger partial charge >= 0.3 is 0 Å². The summed E-state index contributed by atoms with van der Waals surface area (Å²) < 4.78 is 27.1. The molecule has 9 heteroatoms. The SMILES string of the molecule is CC(Nc1nc2ccccc2s1)C(=O)NCc1ccccc1S(=O)(=O)N(C)C. The molecule has 3 aromatic rings. The molecule has 0 bridgehead atoms. The van der Waals surface area contributed by atoms with Crippen LogP contribution in [0.1, 0.15) is 12.5 Å². The quantitative estimate of drug-likeness (QED) is 0.616. The minimum absolute atomic E-state index is 0.119. The summed E-state index contributed by atoms with van der Waals surface area (Å²) in [5.74, 6) is -0.240. The standard InChI is InChI=1S/C19H22N4O3S2/c1-13(21-19-22-15-9-5-6-10-16(15)27-19)18(24)20-12-14-8-4-7-11-17(14)28(25,26)23(2)3/h4-11,13H,12H2,1-3H3,(H,20,24)(H,21,22). The number of rotatable bonds is 7. The highest BCUT2D eigenvalue weighted by atomic mass is 32.2. The summed E-state index contributed by atoms with van der Waals surface area (Å²) in [4.78, 5) is 17.1. The molecule has 0 radical (unpaired) electrons. The number of aromatic nitrogens is 1. The first-order chi connectivity index (χ1) is 13.3. The van der Waals surface area contributed by atoms with Crippen molar-refractivity contribution in [3.05, 3.63) is 54.1 Å². The fourth-order valence-electron chi connectivity index (χ4n) is 2.62. The molecule has 2 N–H and O–H groups in total. The van der Waals surface area contributed by atoms with E-state index < -0.39 is 16.1 Å². The molecule has 1 unspecified atom stereocenters. The molecule has 0 spiro atoms. The third kappa shape index (κ3) is 4.32. The zero-order valence-electron chi connectivity index (χ0n) is 15.8. The Hall–Kier alpha value is -2.49. The van der Waals surface area contributed by atoms with Gasteiger partial charge in [0.25, 0.3) is 0 Å². The maximum atomic E-state index is 12.5. The Balaban J connectivity index is 1.67. The summed E-state index contributed by atoms with van der Waals surface area (Å²) in [7, 11) is -0.619. The smallest absolute Gasteiger partial charge is 0.242 e. The van der Waals surface area contributed by atoms with E-state index in [-0.39, 0.29) is 17.3 Å². The zero-order chi connectivity index (χ0) is 20.3. The summed E-state index contributed by atoms with van der Waals surface area (Å²) in [6.45, 7) is 1.86. The van der Waals surface area contributed by atoms with E-state index in [1.807, 2.05) is 24.3 Å². The van der Waals surface area contributed by atoms with Crippen LogP contribution in [0.15, 0.2) is 53.4 Å². The summed E-state index contributed by atoms with van der Waals surface area (Å²) in [5, 5.41) is 6.56. The van der Waals surface area contributed by atoms with Crippen LogP contribution >= 0.6 is 11.3 Å². The lowest BCUT2D eigenvalue weighted by molar-refractivity contribution is -0.121. The van der Waals surface area contributed by atoms with Crippen molar-refractivity contribution in [2.24, 2.45) is 0 Å². The monoisotopic (exact) mass is 418 g/mol. The molecule has 0 fully saturated rings. The molecule has 1 aromatic heterocycles. The number of fused-ring (bicyclic) bond motifs is 1. The molecule has 3 rings (SSSR count). The number of nitrogens with one attached hydrogen (secondary N) is 2. The van der Waals surface area contributed by atoms with Crippen molar-refractivity contribution in [2.45, 2.75) is 24.4 Å². The van der Waals surface area contributed by atoms with Crippen molar-refractivity contribution in [1.29, 1.82) is 0 Å². The van der Waals surface area contributed by atoms with Crippen molar-refractivity contribution < 1.29 is 13.2 Å². The van der Waals surface area contributed by atoms with Crippen LogP contribution in [0.4, 0.5) is 5.13 Å². The van der Waals surface area contributed by atoms with Crippen LogP contribution in [0.5, 0.6) is 0 Å². The fourth-order valence-corrected chi connectivity index (χ4v) is 4.69. The molecule has 0 saturated heterocycles. The summed E-state index contributed by atoms with van der Waals surface area (Å²) in [5.41, 5.74) is 1.42. The van der Waals surface area contributed by atoms with Crippen LogP contribution in [0.25, 0.3) is 10.2 Å². The van der Waals surface area contributed by atoms with E-state index in [1.54, 1.807) is 31.2 Å². The second-order valence-corrected chi connectivity index (χ2v) is 9.62. The predicted molar refractivity (Wildman–Crippen MR) is 112 cm³/mol. The van der Waals surface area contributed by atoms with Crippen LogP contribution in [0, 0.1) is 0 Å². The largest absolute Gasteiger partial charge is 0.350 e. The number of anilines is 1. The molecule has 0 aliphatic carbocycles. The van der Waals surface area contributed by atoms with Gasteiger partial charge in [0.05, 0.1) is 15.1 Å². The first-order valence-corrected chi connectivity index (χ1v) is 10.9. The third-order valence-corrected chi connectivity index (χ3v) is 7.09. The van der Waals surface area contributed by atoms with E-state index in [2.05, 4.69) is 15.6 Å². The van der Waals surface area contributed by atoms with E-state index in [0.717, 1.165) is 14.5 Å². The third-order valence-electron chi connectivity index (χ3n) is 4.21. The van der Waals surface area contributed by atoms with Crippen molar-refractivity contribution in [2.75, 3.05) is 19.4 Å². The molecule has 0 aliphatic heterocycles. The van der Waals surface area contributed by atoms with Gasteiger partial charge in [-0.25, -0.2) is 17.7 Å². The highest BCUT2D eigenvalue weighted by molar-refractivity contribution is 7.89. The maximum absolute atomic E-state index is 12.5. The first kappa shape index (κ1) is 20.2. The molecule has 7 nitrogen and oxygen atoms in total. The van der Waals surface area contributed by atoms with Crippen LogP contribution in [-0.4, -0.2) is 43.8 Å². The fraction of sp³-hybridized carbons (Fsp3) is 0.263. The Morgan fingerprint density at radius 2 is 1.82 bits per heavy atom. The highest BCUT2D eigenvalue weighted by Gasteiger charge is 2.21. The van der Waals surface area contributed by atoms with E-state index in [0.29, 0.717) is 10.7 Å². The molecular formula is C19H22N4O3S2. The average Bonchev–Trinajstić information content (AvgIpc) is 3.08. The van der Waals surface area contributed by atoms with Gasteiger partial charge in [-0.3, -0.25) is 4.79 Å². The lowest BCUT2D eigenvalue weighted by Crippen LogP contribution is -2.37. The van der Waals surface area contributed by atoms with Crippen molar-refractivity contribution in [1.82, 2.24) is 14.6 Å². The van der Waals surface area contributed by atoms with Crippen molar-refractivity contribution in [3.8, 4) is 0 Å². The normalized spacial score (nSPS) is 12.9. The van der Waals surface area contributed by atoms with E-state index in [1.165, 1.54) is 25.4 Å². The van der Waals surface area contributed by atoms with Crippen molar-refractivity contribution >= 4 is 42.6 Å². The minimum atomic E-state index is -3.58. The summed E-state index contributed by atoms with van der Waals surface area (Å²) in [6.07, 6.45) is 0. The highest BCUT2D eigenvalue weighted by Crippen LogP contribution is 2.25. The predicted octanol–water partition coefficient (Wildman–Crippen LogP) is 2.66. The lowest BCUT2D eigenvalue weighted by atomic mass is 10.2. The first-order valence-electron chi connectivity index (χ1n) is 8.69. The Kier molecular flexibility index (Phi) is 5.97. The van der Waals surface area contributed by atoms with Gasteiger partial charge in [-0.2, -0.15) is 0 Å². The number of sulfonamides is 1. The number of hydrogen-bond donors (Lipinski definition) is 2. The molecule has 1 heterocycles. The average molecular weight is 419 g/mol. The van der Waals surface area contributed by atoms with Crippen molar-refractivity contribution in [3.63, 3.8) is 0 Å². The molecule has 148 valence electrons. The Labute approximate surface area is 168 Å². The second kappa shape index (κ2) is 8.26. The number of thiazole rings is 1. The number of para-hydroxylation sites is 1. The van der Waals surface area contributed by atoms with Gasteiger partial charge in [-0.05, 0) is 30.7 Å². The molecule has 0 saturated carbocycles. The Morgan fingerprint density at radius 1 is 1.14 bits per heavy atom. The lowest BCUT2D eigenvalue weighted by Gasteiger charge is -2.17. The van der Waals surface area contributed by atoms with Gasteiger partial charge in [-0.1, -0.05) is 41.7 Å². The van der Waals surface area contributed by atoms with E-state index in [9.17, 15) is 13.2 Å². The van der Waals surface area contributed by atoms with Crippen LogP contribution < -0.4 is 10.6 Å². The Bertz CT molecular complexity index is 1060. The second-order valence-electron chi connectivity index (χ2n) is 6.47. The summed E-state index contributed by atoms with van der Waals surface area (Å²) >= 11 is 1.48. The van der Waals surface area contributed by atoms with Crippen LogP contribution in [-0.2, 0) is 21.4 Å². The molecule has 1 atom stereocenters. The molecule has 28 heavy (non-hydrogen) atoms.